The maximum Gasteiger partial charge on any atom is 0.325 e. The van der Waals surface area contributed by atoms with Crippen molar-refractivity contribution in [3.05, 3.63) is 0 Å². The summed E-state index contributed by atoms with van der Waals surface area (Å²) in [5, 5.41) is 11.4. The number of amides is 4. The smallest absolute Gasteiger partial charge is 0.325 e. The third kappa shape index (κ3) is 3.21. The standard InChI is InChI=1S/C15H22N4O3/c1-18(10-6-9-16)12(20)11-19-13(21)15(17-14(19)22)7-4-2-3-5-8-15/h2-8,10-11H2,1H3,(H,17,22). The molecule has 22 heavy (non-hydrogen) atoms. The molecule has 0 bridgehead atoms. The molecule has 2 fully saturated rings. The number of likely N-dealkylation sites (N-methyl/N-ethyl adjacent to an activating group) is 1. The Hall–Kier alpha value is -2.10. The summed E-state index contributed by atoms with van der Waals surface area (Å²) in [6.45, 7) is 0.0401. The Labute approximate surface area is 130 Å². The fourth-order valence-electron chi connectivity index (χ4n) is 3.09. The van der Waals surface area contributed by atoms with Crippen LogP contribution in [0.15, 0.2) is 0 Å². The van der Waals surface area contributed by atoms with Crippen LogP contribution in [0.2, 0.25) is 0 Å². The van der Waals surface area contributed by atoms with Crippen molar-refractivity contribution in [1.82, 2.24) is 15.1 Å². The average Bonchev–Trinajstić information content (AvgIpc) is 2.68. The van der Waals surface area contributed by atoms with Crippen molar-refractivity contribution in [2.75, 3.05) is 20.1 Å². The molecule has 1 aliphatic heterocycles. The third-order valence-corrected chi connectivity index (χ3v) is 4.48. The van der Waals surface area contributed by atoms with E-state index in [1.807, 2.05) is 6.07 Å². The van der Waals surface area contributed by atoms with Crippen molar-refractivity contribution in [2.24, 2.45) is 0 Å². The van der Waals surface area contributed by atoms with Gasteiger partial charge in [-0.25, -0.2) is 4.79 Å². The van der Waals surface area contributed by atoms with Crippen molar-refractivity contribution < 1.29 is 14.4 Å². The Morgan fingerprint density at radius 3 is 2.55 bits per heavy atom. The van der Waals surface area contributed by atoms with E-state index in [4.69, 9.17) is 5.26 Å². The molecule has 1 N–H and O–H groups in total. The molecule has 120 valence electrons. The normalized spacial score (nSPS) is 20.5. The highest BCUT2D eigenvalue weighted by Crippen LogP contribution is 2.32. The first-order chi connectivity index (χ1) is 10.5. The molecular formula is C15H22N4O3. The van der Waals surface area contributed by atoms with Crippen molar-refractivity contribution in [2.45, 2.75) is 50.5 Å². The summed E-state index contributed by atoms with van der Waals surface area (Å²) in [6, 6.07) is 1.49. The van der Waals surface area contributed by atoms with E-state index in [0.717, 1.165) is 30.6 Å². The number of hydrogen-bond acceptors (Lipinski definition) is 4. The van der Waals surface area contributed by atoms with E-state index in [-0.39, 0.29) is 24.8 Å². The van der Waals surface area contributed by atoms with Gasteiger partial charge in [-0.05, 0) is 12.8 Å². The molecule has 0 atom stereocenters. The van der Waals surface area contributed by atoms with Gasteiger partial charge in [-0.3, -0.25) is 14.5 Å². The minimum Gasteiger partial charge on any atom is -0.343 e. The largest absolute Gasteiger partial charge is 0.343 e. The van der Waals surface area contributed by atoms with E-state index in [9.17, 15) is 14.4 Å². The number of imide groups is 1. The van der Waals surface area contributed by atoms with E-state index < -0.39 is 11.6 Å². The first kappa shape index (κ1) is 16.3. The lowest BCUT2D eigenvalue weighted by Gasteiger charge is -2.25. The predicted octanol–water partition coefficient (Wildman–Crippen LogP) is 1.00. The second-order valence-corrected chi connectivity index (χ2v) is 6.04. The zero-order valence-electron chi connectivity index (χ0n) is 12.9. The van der Waals surface area contributed by atoms with Crippen molar-refractivity contribution in [1.29, 1.82) is 5.26 Å². The molecule has 0 aromatic heterocycles. The lowest BCUT2D eigenvalue weighted by Crippen LogP contribution is -2.47. The van der Waals surface area contributed by atoms with E-state index in [1.165, 1.54) is 4.90 Å². The van der Waals surface area contributed by atoms with Gasteiger partial charge in [-0.2, -0.15) is 5.26 Å². The maximum absolute atomic E-state index is 12.6. The number of nitriles is 1. The molecule has 4 amide bonds. The van der Waals surface area contributed by atoms with Crippen LogP contribution >= 0.6 is 0 Å². The molecule has 1 heterocycles. The van der Waals surface area contributed by atoms with Gasteiger partial charge in [0.15, 0.2) is 0 Å². The van der Waals surface area contributed by atoms with Gasteiger partial charge in [-0.15, -0.1) is 0 Å². The van der Waals surface area contributed by atoms with E-state index in [0.29, 0.717) is 19.4 Å². The lowest BCUT2D eigenvalue weighted by molar-refractivity contribution is -0.138. The molecule has 0 radical (unpaired) electrons. The topological polar surface area (TPSA) is 93.5 Å². The van der Waals surface area contributed by atoms with Gasteiger partial charge < -0.3 is 10.2 Å². The Morgan fingerprint density at radius 2 is 1.95 bits per heavy atom. The summed E-state index contributed by atoms with van der Waals surface area (Å²) in [7, 11) is 1.57. The summed E-state index contributed by atoms with van der Waals surface area (Å²) in [4.78, 5) is 39.2. The minimum absolute atomic E-state index is 0.228. The number of urea groups is 1. The SMILES string of the molecule is CN(CCC#N)C(=O)CN1C(=O)NC2(CCCCCC2)C1=O. The lowest BCUT2D eigenvalue weighted by atomic mass is 9.90. The van der Waals surface area contributed by atoms with Crippen LogP contribution in [0.3, 0.4) is 0 Å². The van der Waals surface area contributed by atoms with Crippen LogP contribution in [0.4, 0.5) is 4.79 Å². The highest BCUT2D eigenvalue weighted by molar-refractivity contribution is 6.09. The highest BCUT2D eigenvalue weighted by atomic mass is 16.2. The van der Waals surface area contributed by atoms with Crippen LogP contribution in [-0.2, 0) is 9.59 Å². The zero-order chi connectivity index (χ0) is 16.2. The summed E-state index contributed by atoms with van der Waals surface area (Å²) >= 11 is 0. The zero-order valence-corrected chi connectivity index (χ0v) is 12.9. The maximum atomic E-state index is 12.6. The minimum atomic E-state index is -0.806. The van der Waals surface area contributed by atoms with Gasteiger partial charge in [-0.1, -0.05) is 25.7 Å². The second-order valence-electron chi connectivity index (χ2n) is 6.04. The highest BCUT2D eigenvalue weighted by Gasteiger charge is 2.51. The van der Waals surface area contributed by atoms with Crippen molar-refractivity contribution in [3.8, 4) is 6.07 Å². The van der Waals surface area contributed by atoms with Gasteiger partial charge in [0.2, 0.25) is 5.91 Å². The molecule has 1 spiro atoms. The summed E-state index contributed by atoms with van der Waals surface area (Å²) in [6.07, 6.45) is 5.48. The fraction of sp³-hybridized carbons (Fsp3) is 0.733. The van der Waals surface area contributed by atoms with Gasteiger partial charge in [0.25, 0.3) is 5.91 Å². The molecule has 0 unspecified atom stereocenters. The molecular weight excluding hydrogens is 284 g/mol. The van der Waals surface area contributed by atoms with E-state index in [1.54, 1.807) is 7.05 Å². The number of rotatable bonds is 4. The number of hydrogen-bond donors (Lipinski definition) is 1. The predicted molar refractivity (Wildman–Crippen MR) is 78.5 cm³/mol. The Morgan fingerprint density at radius 1 is 1.32 bits per heavy atom. The molecule has 2 aliphatic rings. The van der Waals surface area contributed by atoms with Crippen LogP contribution in [0.1, 0.15) is 44.9 Å². The molecule has 1 aliphatic carbocycles. The average molecular weight is 306 g/mol. The van der Waals surface area contributed by atoms with E-state index >= 15 is 0 Å². The first-order valence-electron chi connectivity index (χ1n) is 7.75. The Balaban J connectivity index is 2.03. The number of carbonyl (C=O) groups is 3. The summed E-state index contributed by atoms with van der Waals surface area (Å²) in [5.74, 6) is -0.606. The molecule has 2 rings (SSSR count). The van der Waals surface area contributed by atoms with Crippen LogP contribution in [0, 0.1) is 11.3 Å². The Kier molecular flexibility index (Phi) is 5.01. The van der Waals surface area contributed by atoms with Gasteiger partial charge in [0, 0.05) is 13.6 Å². The summed E-state index contributed by atoms with van der Waals surface area (Å²) < 4.78 is 0. The molecule has 0 aromatic rings. The Bertz CT molecular complexity index is 503. The number of nitrogens with zero attached hydrogens (tertiary/aromatic N) is 3. The van der Waals surface area contributed by atoms with Crippen LogP contribution < -0.4 is 5.32 Å². The molecule has 0 aromatic carbocycles. The number of nitrogens with one attached hydrogen (secondary N) is 1. The third-order valence-electron chi connectivity index (χ3n) is 4.48. The van der Waals surface area contributed by atoms with Crippen molar-refractivity contribution >= 4 is 17.8 Å². The quantitative estimate of drug-likeness (QED) is 0.784. The number of carbonyl (C=O) groups excluding carboxylic acids is 3. The van der Waals surface area contributed by atoms with Crippen molar-refractivity contribution in [3.63, 3.8) is 0 Å². The van der Waals surface area contributed by atoms with E-state index in [2.05, 4.69) is 5.32 Å². The first-order valence-corrected chi connectivity index (χ1v) is 7.75. The molecule has 7 heteroatoms. The van der Waals surface area contributed by atoms with Crippen LogP contribution in [-0.4, -0.2) is 53.3 Å². The molecule has 1 saturated heterocycles. The summed E-state index contributed by atoms with van der Waals surface area (Å²) in [5.41, 5.74) is -0.806. The molecule has 7 nitrogen and oxygen atoms in total. The van der Waals surface area contributed by atoms with Gasteiger partial charge >= 0.3 is 6.03 Å². The second kappa shape index (κ2) is 6.77. The molecule has 1 saturated carbocycles. The monoisotopic (exact) mass is 306 g/mol. The van der Waals surface area contributed by atoms with Gasteiger partial charge in [0.1, 0.15) is 12.1 Å². The fourth-order valence-corrected chi connectivity index (χ4v) is 3.09. The van der Waals surface area contributed by atoms with Crippen LogP contribution in [0.25, 0.3) is 0 Å². The van der Waals surface area contributed by atoms with Crippen LogP contribution in [0.5, 0.6) is 0 Å². The van der Waals surface area contributed by atoms with Gasteiger partial charge in [0.05, 0.1) is 12.5 Å².